The third-order valence-electron chi connectivity index (χ3n) is 2.00. The quantitative estimate of drug-likeness (QED) is 0.815. The SMILES string of the molecule is CS(=O)(=O)c1c(Cl)ccc2cc[nH]c12. The van der Waals surface area contributed by atoms with Crippen LogP contribution in [0.4, 0.5) is 0 Å². The van der Waals surface area contributed by atoms with Gasteiger partial charge in [0.15, 0.2) is 9.84 Å². The van der Waals surface area contributed by atoms with Gasteiger partial charge in [0.2, 0.25) is 0 Å². The maximum absolute atomic E-state index is 11.5. The molecule has 0 spiro atoms. The molecule has 2 aromatic rings. The summed E-state index contributed by atoms with van der Waals surface area (Å²) >= 11 is 5.85. The number of sulfone groups is 1. The molecule has 0 unspecified atom stereocenters. The van der Waals surface area contributed by atoms with Crippen LogP contribution in [-0.2, 0) is 9.84 Å². The molecule has 0 fully saturated rings. The summed E-state index contributed by atoms with van der Waals surface area (Å²) in [5.41, 5.74) is 0.569. The monoisotopic (exact) mass is 229 g/mol. The molecule has 0 saturated carbocycles. The van der Waals surface area contributed by atoms with Gasteiger partial charge in [-0.05, 0) is 12.1 Å². The molecule has 2 rings (SSSR count). The molecule has 0 saturated heterocycles. The Labute approximate surface area is 86.6 Å². The molecule has 1 aromatic heterocycles. The van der Waals surface area contributed by atoms with E-state index in [4.69, 9.17) is 11.6 Å². The highest BCUT2D eigenvalue weighted by Crippen LogP contribution is 2.28. The zero-order chi connectivity index (χ0) is 10.3. The van der Waals surface area contributed by atoms with Crippen molar-refractivity contribution in [1.82, 2.24) is 4.98 Å². The number of fused-ring (bicyclic) bond motifs is 1. The first-order valence-electron chi connectivity index (χ1n) is 3.96. The largest absolute Gasteiger partial charge is 0.360 e. The second-order valence-corrected chi connectivity index (χ2v) is 5.45. The molecule has 1 aromatic carbocycles. The highest BCUT2D eigenvalue weighted by molar-refractivity contribution is 7.91. The maximum atomic E-state index is 11.5. The Balaban J connectivity index is 2.98. The zero-order valence-corrected chi connectivity index (χ0v) is 8.98. The molecule has 0 atom stereocenters. The van der Waals surface area contributed by atoms with Gasteiger partial charge in [-0.3, -0.25) is 0 Å². The van der Waals surface area contributed by atoms with Crippen molar-refractivity contribution >= 4 is 32.3 Å². The molecule has 0 aliphatic heterocycles. The van der Waals surface area contributed by atoms with E-state index >= 15 is 0 Å². The molecule has 14 heavy (non-hydrogen) atoms. The van der Waals surface area contributed by atoms with Gasteiger partial charge in [0.1, 0.15) is 4.90 Å². The van der Waals surface area contributed by atoms with Gasteiger partial charge in [0, 0.05) is 17.8 Å². The average Bonchev–Trinajstić information content (AvgIpc) is 2.48. The topological polar surface area (TPSA) is 49.9 Å². The predicted octanol–water partition coefficient (Wildman–Crippen LogP) is 2.22. The van der Waals surface area contributed by atoms with Crippen LogP contribution in [0.5, 0.6) is 0 Å². The van der Waals surface area contributed by atoms with Crippen LogP contribution in [0.3, 0.4) is 0 Å². The van der Waals surface area contributed by atoms with Crippen molar-refractivity contribution in [3.8, 4) is 0 Å². The fourth-order valence-electron chi connectivity index (χ4n) is 1.44. The van der Waals surface area contributed by atoms with Crippen molar-refractivity contribution in [1.29, 1.82) is 0 Å². The molecule has 0 aliphatic rings. The van der Waals surface area contributed by atoms with Crippen molar-refractivity contribution in [2.75, 3.05) is 6.26 Å². The van der Waals surface area contributed by atoms with Crippen molar-refractivity contribution < 1.29 is 8.42 Å². The van der Waals surface area contributed by atoms with Crippen LogP contribution in [0.25, 0.3) is 10.9 Å². The lowest BCUT2D eigenvalue weighted by Crippen LogP contribution is -1.99. The van der Waals surface area contributed by atoms with Crippen LogP contribution in [0.15, 0.2) is 29.3 Å². The van der Waals surface area contributed by atoms with Crippen molar-refractivity contribution in [2.24, 2.45) is 0 Å². The molecule has 0 amide bonds. The van der Waals surface area contributed by atoms with Crippen LogP contribution in [-0.4, -0.2) is 19.7 Å². The summed E-state index contributed by atoms with van der Waals surface area (Å²) in [6, 6.07) is 5.18. The second-order valence-electron chi connectivity index (χ2n) is 3.09. The summed E-state index contributed by atoms with van der Waals surface area (Å²) in [6.07, 6.45) is 2.84. The van der Waals surface area contributed by atoms with Crippen LogP contribution in [0, 0.1) is 0 Å². The highest BCUT2D eigenvalue weighted by atomic mass is 35.5. The maximum Gasteiger partial charge on any atom is 0.179 e. The van der Waals surface area contributed by atoms with E-state index in [1.807, 2.05) is 0 Å². The van der Waals surface area contributed by atoms with Gasteiger partial charge in [-0.25, -0.2) is 8.42 Å². The smallest absolute Gasteiger partial charge is 0.179 e. The Morgan fingerprint density at radius 2 is 2.00 bits per heavy atom. The third kappa shape index (κ3) is 1.40. The number of nitrogens with one attached hydrogen (secondary N) is 1. The Bertz CT molecular complexity index is 586. The second kappa shape index (κ2) is 3.00. The van der Waals surface area contributed by atoms with Gasteiger partial charge < -0.3 is 4.98 Å². The van der Waals surface area contributed by atoms with Crippen molar-refractivity contribution in [2.45, 2.75) is 4.90 Å². The van der Waals surface area contributed by atoms with Crippen LogP contribution < -0.4 is 0 Å². The fraction of sp³-hybridized carbons (Fsp3) is 0.111. The summed E-state index contributed by atoms with van der Waals surface area (Å²) in [7, 11) is -3.29. The van der Waals surface area contributed by atoms with E-state index in [1.54, 1.807) is 24.4 Å². The molecule has 0 aliphatic carbocycles. The minimum atomic E-state index is -3.29. The first-order chi connectivity index (χ1) is 6.50. The summed E-state index contributed by atoms with van der Waals surface area (Å²) in [6.45, 7) is 0. The van der Waals surface area contributed by atoms with E-state index in [2.05, 4.69) is 4.98 Å². The number of halogens is 1. The van der Waals surface area contributed by atoms with Crippen LogP contribution >= 0.6 is 11.6 Å². The van der Waals surface area contributed by atoms with Gasteiger partial charge in [0.05, 0.1) is 10.5 Å². The van der Waals surface area contributed by atoms with E-state index in [9.17, 15) is 8.42 Å². The summed E-state index contributed by atoms with van der Waals surface area (Å²) in [4.78, 5) is 3.04. The van der Waals surface area contributed by atoms with Crippen LogP contribution in [0.1, 0.15) is 0 Å². The molecule has 0 radical (unpaired) electrons. The molecule has 1 N–H and O–H groups in total. The van der Waals surface area contributed by atoms with E-state index in [1.165, 1.54) is 0 Å². The molecule has 1 heterocycles. The lowest BCUT2D eigenvalue weighted by molar-refractivity contribution is 0.602. The Hall–Kier alpha value is -1.00. The minimum Gasteiger partial charge on any atom is -0.360 e. The lowest BCUT2D eigenvalue weighted by atomic mass is 10.2. The van der Waals surface area contributed by atoms with Crippen molar-refractivity contribution in [3.63, 3.8) is 0 Å². The summed E-state index contributed by atoms with van der Waals surface area (Å²) in [5, 5.41) is 1.09. The van der Waals surface area contributed by atoms with E-state index in [0.29, 0.717) is 5.52 Å². The van der Waals surface area contributed by atoms with Gasteiger partial charge in [-0.15, -0.1) is 0 Å². The molecular weight excluding hydrogens is 222 g/mol. The van der Waals surface area contributed by atoms with E-state index in [0.717, 1.165) is 11.6 Å². The van der Waals surface area contributed by atoms with E-state index < -0.39 is 9.84 Å². The first kappa shape index (κ1) is 9.55. The average molecular weight is 230 g/mol. The summed E-state index contributed by atoms with van der Waals surface area (Å²) in [5.74, 6) is 0. The number of H-pyrrole nitrogens is 1. The summed E-state index contributed by atoms with van der Waals surface area (Å²) < 4.78 is 22.9. The van der Waals surface area contributed by atoms with E-state index in [-0.39, 0.29) is 9.92 Å². The highest BCUT2D eigenvalue weighted by Gasteiger charge is 2.16. The number of rotatable bonds is 1. The number of hydrogen-bond acceptors (Lipinski definition) is 2. The standard InChI is InChI=1S/C9H8ClNO2S/c1-14(12,13)9-7(10)3-2-6-4-5-11-8(6)9/h2-5,11H,1H3. The molecule has 74 valence electrons. The number of aromatic nitrogens is 1. The Morgan fingerprint density at radius 1 is 1.29 bits per heavy atom. The predicted molar refractivity (Wildman–Crippen MR) is 56.4 cm³/mol. The molecule has 5 heteroatoms. The van der Waals surface area contributed by atoms with Gasteiger partial charge in [-0.2, -0.15) is 0 Å². The van der Waals surface area contributed by atoms with Gasteiger partial charge >= 0.3 is 0 Å². The van der Waals surface area contributed by atoms with Crippen LogP contribution in [0.2, 0.25) is 5.02 Å². The normalized spacial score (nSPS) is 12.1. The van der Waals surface area contributed by atoms with Crippen molar-refractivity contribution in [3.05, 3.63) is 29.4 Å². The molecule has 0 bridgehead atoms. The number of aromatic amines is 1. The number of benzene rings is 1. The Kier molecular flexibility index (Phi) is 2.05. The lowest BCUT2D eigenvalue weighted by Gasteiger charge is -2.02. The zero-order valence-electron chi connectivity index (χ0n) is 7.41. The first-order valence-corrected chi connectivity index (χ1v) is 6.23. The fourth-order valence-corrected chi connectivity index (χ4v) is 2.99. The van der Waals surface area contributed by atoms with Gasteiger partial charge in [-0.1, -0.05) is 17.7 Å². The number of hydrogen-bond donors (Lipinski definition) is 1. The van der Waals surface area contributed by atoms with Gasteiger partial charge in [0.25, 0.3) is 0 Å². The Morgan fingerprint density at radius 3 is 2.64 bits per heavy atom. The minimum absolute atomic E-state index is 0.168. The third-order valence-corrected chi connectivity index (χ3v) is 3.60. The molecular formula is C9H8ClNO2S. The molecule has 3 nitrogen and oxygen atoms in total.